The lowest BCUT2D eigenvalue weighted by atomic mass is 10.1. The van der Waals surface area contributed by atoms with Crippen LogP contribution in [0.25, 0.3) is 9.40 Å². The van der Waals surface area contributed by atoms with Crippen molar-refractivity contribution in [3.8, 4) is 5.75 Å². The fraction of sp³-hybridized carbons (Fsp3) is 0.0667. The van der Waals surface area contributed by atoms with Crippen molar-refractivity contribution in [1.29, 1.82) is 0 Å². The van der Waals surface area contributed by atoms with E-state index in [0.717, 1.165) is 9.40 Å². The second-order valence-electron chi connectivity index (χ2n) is 4.64. The maximum atomic E-state index is 12.5. The SMILES string of the molecule is O=C1COc2ccc(C(=O)c3cc4sccc4s3)cc2N1. The Morgan fingerprint density at radius 1 is 1.19 bits per heavy atom. The number of hydrogen-bond acceptors (Lipinski definition) is 5. The van der Waals surface area contributed by atoms with E-state index in [9.17, 15) is 9.59 Å². The molecule has 0 bridgehead atoms. The third-order valence-corrected chi connectivity index (χ3v) is 5.33. The molecule has 21 heavy (non-hydrogen) atoms. The number of nitrogens with one attached hydrogen (secondary N) is 1. The molecule has 3 heterocycles. The van der Waals surface area contributed by atoms with Gasteiger partial charge in [-0.2, -0.15) is 0 Å². The summed E-state index contributed by atoms with van der Waals surface area (Å²) in [4.78, 5) is 24.6. The van der Waals surface area contributed by atoms with E-state index in [4.69, 9.17) is 4.74 Å². The van der Waals surface area contributed by atoms with E-state index in [-0.39, 0.29) is 18.3 Å². The van der Waals surface area contributed by atoms with E-state index in [0.29, 0.717) is 21.9 Å². The second kappa shape index (κ2) is 4.68. The standard InChI is InChI=1S/C15H9NO3S2/c17-14-7-19-10-2-1-8(5-9(10)16-14)15(18)13-6-12-11(21-13)3-4-20-12/h1-6H,7H2,(H,16,17). The van der Waals surface area contributed by atoms with E-state index in [1.54, 1.807) is 29.5 Å². The van der Waals surface area contributed by atoms with Crippen LogP contribution in [0.4, 0.5) is 5.69 Å². The third kappa shape index (κ3) is 2.12. The van der Waals surface area contributed by atoms with E-state index >= 15 is 0 Å². The highest BCUT2D eigenvalue weighted by atomic mass is 32.1. The number of fused-ring (bicyclic) bond motifs is 2. The zero-order valence-corrected chi connectivity index (χ0v) is 12.3. The van der Waals surface area contributed by atoms with Gasteiger partial charge in [-0.25, -0.2) is 0 Å². The molecule has 3 aromatic rings. The first-order valence-electron chi connectivity index (χ1n) is 6.29. The second-order valence-corrected chi connectivity index (χ2v) is 6.67. The summed E-state index contributed by atoms with van der Waals surface area (Å²) in [5, 5.41) is 4.73. The number of carbonyl (C=O) groups is 2. The lowest BCUT2D eigenvalue weighted by Gasteiger charge is -2.18. The first kappa shape index (κ1) is 12.6. The summed E-state index contributed by atoms with van der Waals surface area (Å²) in [6, 6.07) is 9.05. The molecule has 104 valence electrons. The summed E-state index contributed by atoms with van der Waals surface area (Å²) in [6.07, 6.45) is 0. The van der Waals surface area contributed by atoms with Gasteiger partial charge in [-0.3, -0.25) is 9.59 Å². The number of thiophene rings is 2. The Balaban J connectivity index is 1.72. The Labute approximate surface area is 128 Å². The van der Waals surface area contributed by atoms with Crippen LogP contribution in [0.2, 0.25) is 0 Å². The molecule has 2 aromatic heterocycles. The fourth-order valence-corrected chi connectivity index (χ4v) is 4.32. The van der Waals surface area contributed by atoms with Gasteiger partial charge in [0.15, 0.2) is 6.61 Å². The Morgan fingerprint density at radius 2 is 2.10 bits per heavy atom. The van der Waals surface area contributed by atoms with Gasteiger partial charge in [-0.15, -0.1) is 22.7 Å². The van der Waals surface area contributed by atoms with Crippen molar-refractivity contribution in [3.63, 3.8) is 0 Å². The zero-order valence-electron chi connectivity index (χ0n) is 10.7. The quantitative estimate of drug-likeness (QED) is 0.736. The van der Waals surface area contributed by atoms with Crippen molar-refractivity contribution in [2.75, 3.05) is 11.9 Å². The molecule has 6 heteroatoms. The monoisotopic (exact) mass is 315 g/mol. The van der Waals surface area contributed by atoms with E-state index in [2.05, 4.69) is 5.32 Å². The van der Waals surface area contributed by atoms with Crippen molar-refractivity contribution in [2.24, 2.45) is 0 Å². The van der Waals surface area contributed by atoms with Crippen molar-refractivity contribution >= 4 is 49.5 Å². The Hall–Kier alpha value is -2.18. The Bertz CT molecular complexity index is 850. The van der Waals surface area contributed by atoms with Gasteiger partial charge in [0.05, 0.1) is 10.6 Å². The summed E-state index contributed by atoms with van der Waals surface area (Å²) >= 11 is 3.11. The first-order valence-corrected chi connectivity index (χ1v) is 7.99. The molecule has 0 fully saturated rings. The highest BCUT2D eigenvalue weighted by Crippen LogP contribution is 2.33. The average molecular weight is 315 g/mol. The summed E-state index contributed by atoms with van der Waals surface area (Å²) < 4.78 is 7.54. The van der Waals surface area contributed by atoms with Gasteiger partial charge in [0.25, 0.3) is 5.91 Å². The number of rotatable bonds is 2. The van der Waals surface area contributed by atoms with Crippen LogP contribution in [-0.2, 0) is 4.79 Å². The van der Waals surface area contributed by atoms with Crippen molar-refractivity contribution in [2.45, 2.75) is 0 Å². The molecule has 0 unspecified atom stereocenters. The number of carbonyl (C=O) groups excluding carboxylic acids is 2. The molecule has 1 aliphatic heterocycles. The molecule has 1 aromatic carbocycles. The largest absolute Gasteiger partial charge is 0.482 e. The van der Waals surface area contributed by atoms with E-state index in [1.807, 2.05) is 17.5 Å². The third-order valence-electron chi connectivity index (χ3n) is 3.24. The maximum absolute atomic E-state index is 12.5. The topological polar surface area (TPSA) is 55.4 Å². The number of ketones is 1. The molecule has 0 atom stereocenters. The fourth-order valence-electron chi connectivity index (χ4n) is 2.24. The number of benzene rings is 1. The minimum atomic E-state index is -0.205. The average Bonchev–Trinajstić information content (AvgIpc) is 3.06. The summed E-state index contributed by atoms with van der Waals surface area (Å²) in [6.45, 7) is 0.0154. The van der Waals surface area contributed by atoms with E-state index in [1.165, 1.54) is 11.3 Å². The van der Waals surface area contributed by atoms with Crippen molar-refractivity contribution in [3.05, 3.63) is 46.2 Å². The zero-order chi connectivity index (χ0) is 14.4. The summed E-state index contributed by atoms with van der Waals surface area (Å²) in [5.41, 5.74) is 1.10. The predicted octanol–water partition coefficient (Wildman–Crippen LogP) is 3.52. The van der Waals surface area contributed by atoms with Gasteiger partial charge in [-0.1, -0.05) is 0 Å². The molecule has 1 amide bonds. The van der Waals surface area contributed by atoms with Crippen LogP contribution < -0.4 is 10.1 Å². The molecule has 0 spiro atoms. The molecule has 0 radical (unpaired) electrons. The highest BCUT2D eigenvalue weighted by Gasteiger charge is 2.19. The number of anilines is 1. The molecule has 1 aliphatic rings. The maximum Gasteiger partial charge on any atom is 0.262 e. The van der Waals surface area contributed by atoms with Crippen LogP contribution in [0.1, 0.15) is 15.2 Å². The Kier molecular flexibility index (Phi) is 2.80. The normalized spacial score (nSPS) is 13.6. The molecular weight excluding hydrogens is 306 g/mol. The number of hydrogen-bond donors (Lipinski definition) is 1. The smallest absolute Gasteiger partial charge is 0.262 e. The van der Waals surface area contributed by atoms with Crippen molar-refractivity contribution < 1.29 is 14.3 Å². The molecule has 0 saturated heterocycles. The van der Waals surface area contributed by atoms with Crippen LogP contribution in [0.15, 0.2) is 35.7 Å². The van der Waals surface area contributed by atoms with Gasteiger partial charge >= 0.3 is 0 Å². The van der Waals surface area contributed by atoms with Gasteiger partial charge in [0, 0.05) is 15.0 Å². The van der Waals surface area contributed by atoms with Crippen LogP contribution in [0, 0.1) is 0 Å². The molecule has 0 aliphatic carbocycles. The Morgan fingerprint density at radius 3 is 2.95 bits per heavy atom. The molecule has 0 saturated carbocycles. The summed E-state index contributed by atoms with van der Waals surface area (Å²) in [5.74, 6) is 0.355. The van der Waals surface area contributed by atoms with Crippen LogP contribution in [0.3, 0.4) is 0 Å². The predicted molar refractivity (Wildman–Crippen MR) is 83.7 cm³/mol. The van der Waals surface area contributed by atoms with Crippen LogP contribution >= 0.6 is 22.7 Å². The minimum absolute atomic E-state index is 0.0154. The molecule has 4 rings (SSSR count). The van der Waals surface area contributed by atoms with Crippen molar-refractivity contribution in [1.82, 2.24) is 0 Å². The first-order chi connectivity index (χ1) is 10.2. The van der Waals surface area contributed by atoms with Gasteiger partial charge in [0.1, 0.15) is 5.75 Å². The van der Waals surface area contributed by atoms with Gasteiger partial charge in [-0.05, 0) is 35.7 Å². The summed E-state index contributed by atoms with van der Waals surface area (Å²) in [7, 11) is 0. The van der Waals surface area contributed by atoms with Gasteiger partial charge in [0.2, 0.25) is 5.78 Å². The highest BCUT2D eigenvalue weighted by molar-refractivity contribution is 7.28. The molecule has 1 N–H and O–H groups in total. The molecule has 4 nitrogen and oxygen atoms in total. The van der Waals surface area contributed by atoms with Crippen LogP contribution in [0.5, 0.6) is 5.75 Å². The molecular formula is C15H9NO3S2. The van der Waals surface area contributed by atoms with Crippen LogP contribution in [-0.4, -0.2) is 18.3 Å². The lowest BCUT2D eigenvalue weighted by Crippen LogP contribution is -2.25. The van der Waals surface area contributed by atoms with Gasteiger partial charge < -0.3 is 10.1 Å². The number of amides is 1. The lowest BCUT2D eigenvalue weighted by molar-refractivity contribution is -0.118. The van der Waals surface area contributed by atoms with E-state index < -0.39 is 0 Å². The number of ether oxygens (including phenoxy) is 1. The minimum Gasteiger partial charge on any atom is -0.482 e.